The monoisotopic (exact) mass is 250 g/mol. The van der Waals surface area contributed by atoms with Gasteiger partial charge in [0, 0.05) is 18.8 Å². The highest BCUT2D eigenvalue weighted by molar-refractivity contribution is 6.04. The van der Waals surface area contributed by atoms with Gasteiger partial charge in [-0.05, 0) is 32.1 Å². The summed E-state index contributed by atoms with van der Waals surface area (Å²) in [6.45, 7) is 2.12. The van der Waals surface area contributed by atoms with E-state index >= 15 is 0 Å². The highest BCUT2D eigenvalue weighted by Crippen LogP contribution is 2.05. The van der Waals surface area contributed by atoms with Crippen LogP contribution in [0.1, 0.15) is 16.9 Å². The van der Waals surface area contributed by atoms with E-state index in [1.807, 2.05) is 11.9 Å². The lowest BCUT2D eigenvalue weighted by Crippen LogP contribution is -2.43. The normalized spacial score (nSPS) is 19.1. The number of imide groups is 1. The SMILES string of the molecule is CN(CC(=O)NC(=O)c1ccc[nH]1)C1CCNC1. The Balaban J connectivity index is 1.79. The van der Waals surface area contributed by atoms with E-state index in [0.717, 1.165) is 19.5 Å². The number of likely N-dealkylation sites (N-methyl/N-ethyl adjacent to an activating group) is 1. The molecule has 18 heavy (non-hydrogen) atoms. The first-order valence-corrected chi connectivity index (χ1v) is 6.05. The van der Waals surface area contributed by atoms with Gasteiger partial charge in [0.15, 0.2) is 0 Å². The zero-order chi connectivity index (χ0) is 13.0. The van der Waals surface area contributed by atoms with Crippen molar-refractivity contribution in [3.63, 3.8) is 0 Å². The first kappa shape index (κ1) is 12.8. The Bertz CT molecular complexity index is 410. The number of nitrogens with one attached hydrogen (secondary N) is 3. The molecule has 0 spiro atoms. The highest BCUT2D eigenvalue weighted by Gasteiger charge is 2.21. The summed E-state index contributed by atoms with van der Waals surface area (Å²) in [5.74, 6) is -0.660. The lowest BCUT2D eigenvalue weighted by atomic mass is 10.2. The standard InChI is InChI=1S/C12H18N4O2/c1-16(9-4-6-13-7-9)8-11(17)15-12(18)10-3-2-5-14-10/h2-3,5,9,13-14H,4,6-8H2,1H3,(H,15,17,18). The Hall–Kier alpha value is -1.66. The Kier molecular flexibility index (Phi) is 4.11. The maximum atomic E-state index is 11.7. The summed E-state index contributed by atoms with van der Waals surface area (Å²) in [6.07, 6.45) is 2.68. The fraction of sp³-hybridized carbons (Fsp3) is 0.500. The quantitative estimate of drug-likeness (QED) is 0.677. The van der Waals surface area contributed by atoms with Gasteiger partial charge in [0.05, 0.1) is 6.54 Å². The van der Waals surface area contributed by atoms with Gasteiger partial charge in [-0.25, -0.2) is 0 Å². The molecule has 2 rings (SSSR count). The number of rotatable bonds is 4. The van der Waals surface area contributed by atoms with Crippen LogP contribution in [0.3, 0.4) is 0 Å². The van der Waals surface area contributed by atoms with Gasteiger partial charge in [-0.1, -0.05) is 0 Å². The van der Waals surface area contributed by atoms with Gasteiger partial charge < -0.3 is 10.3 Å². The number of aromatic nitrogens is 1. The zero-order valence-corrected chi connectivity index (χ0v) is 10.4. The molecule has 1 unspecified atom stereocenters. The molecule has 1 fully saturated rings. The Morgan fingerprint density at radius 3 is 3.00 bits per heavy atom. The molecule has 0 aliphatic carbocycles. The molecule has 0 aromatic carbocycles. The summed E-state index contributed by atoms with van der Waals surface area (Å²) >= 11 is 0. The van der Waals surface area contributed by atoms with Crippen LogP contribution in [0.4, 0.5) is 0 Å². The third-order valence-electron chi connectivity index (χ3n) is 3.15. The molecular weight excluding hydrogens is 232 g/mol. The summed E-state index contributed by atoms with van der Waals surface area (Å²) in [6, 6.07) is 3.72. The molecule has 1 saturated heterocycles. The van der Waals surface area contributed by atoms with Crippen molar-refractivity contribution >= 4 is 11.8 Å². The van der Waals surface area contributed by atoms with Crippen molar-refractivity contribution in [1.82, 2.24) is 20.5 Å². The van der Waals surface area contributed by atoms with E-state index in [1.54, 1.807) is 18.3 Å². The summed E-state index contributed by atoms with van der Waals surface area (Å²) in [5.41, 5.74) is 0.397. The third-order valence-corrected chi connectivity index (χ3v) is 3.15. The second-order valence-electron chi connectivity index (χ2n) is 4.52. The second kappa shape index (κ2) is 5.79. The number of aromatic amines is 1. The van der Waals surface area contributed by atoms with Crippen LogP contribution in [-0.2, 0) is 4.79 Å². The van der Waals surface area contributed by atoms with Crippen molar-refractivity contribution in [2.24, 2.45) is 0 Å². The first-order valence-electron chi connectivity index (χ1n) is 6.05. The fourth-order valence-electron chi connectivity index (χ4n) is 2.08. The van der Waals surface area contributed by atoms with Gasteiger partial charge in [-0.3, -0.25) is 19.8 Å². The van der Waals surface area contributed by atoms with E-state index in [1.165, 1.54) is 0 Å². The van der Waals surface area contributed by atoms with Gasteiger partial charge >= 0.3 is 0 Å². The van der Waals surface area contributed by atoms with E-state index in [4.69, 9.17) is 0 Å². The molecule has 0 radical (unpaired) electrons. The molecule has 1 aliphatic heterocycles. The zero-order valence-electron chi connectivity index (χ0n) is 10.4. The Morgan fingerprint density at radius 2 is 2.39 bits per heavy atom. The van der Waals surface area contributed by atoms with Crippen molar-refractivity contribution in [2.45, 2.75) is 12.5 Å². The molecule has 0 bridgehead atoms. The number of hydrogen-bond acceptors (Lipinski definition) is 4. The van der Waals surface area contributed by atoms with E-state index in [-0.39, 0.29) is 18.4 Å². The van der Waals surface area contributed by atoms with Gasteiger partial charge in [0.2, 0.25) is 5.91 Å². The van der Waals surface area contributed by atoms with Gasteiger partial charge in [0.1, 0.15) is 5.69 Å². The maximum Gasteiger partial charge on any atom is 0.274 e. The molecule has 6 heteroatoms. The molecule has 1 aromatic rings. The van der Waals surface area contributed by atoms with Gasteiger partial charge in [-0.2, -0.15) is 0 Å². The van der Waals surface area contributed by atoms with Crippen LogP contribution in [0.2, 0.25) is 0 Å². The summed E-state index contributed by atoms with van der Waals surface area (Å²) in [4.78, 5) is 28.1. The van der Waals surface area contributed by atoms with E-state index < -0.39 is 0 Å². The highest BCUT2D eigenvalue weighted by atomic mass is 16.2. The summed E-state index contributed by atoms with van der Waals surface area (Å²) in [5, 5.41) is 5.61. The van der Waals surface area contributed by atoms with Gasteiger partial charge in [-0.15, -0.1) is 0 Å². The molecule has 1 aromatic heterocycles. The average Bonchev–Trinajstić information content (AvgIpc) is 3.02. The molecule has 1 aliphatic rings. The van der Waals surface area contributed by atoms with Crippen LogP contribution < -0.4 is 10.6 Å². The van der Waals surface area contributed by atoms with Crippen LogP contribution in [0, 0.1) is 0 Å². The number of hydrogen-bond donors (Lipinski definition) is 3. The van der Waals surface area contributed by atoms with Crippen LogP contribution in [0.25, 0.3) is 0 Å². The number of amides is 2. The summed E-state index contributed by atoms with van der Waals surface area (Å²) < 4.78 is 0. The molecule has 1 atom stereocenters. The van der Waals surface area contributed by atoms with Crippen LogP contribution in [-0.4, -0.2) is 54.4 Å². The maximum absolute atomic E-state index is 11.7. The van der Waals surface area contributed by atoms with E-state index in [2.05, 4.69) is 15.6 Å². The predicted octanol–water partition coefficient (Wildman–Crippen LogP) is -0.435. The van der Waals surface area contributed by atoms with E-state index in [0.29, 0.717) is 11.7 Å². The minimum atomic E-state index is -0.386. The van der Waals surface area contributed by atoms with E-state index in [9.17, 15) is 9.59 Å². The lowest BCUT2D eigenvalue weighted by molar-refractivity contribution is -0.121. The molecule has 2 amide bonds. The average molecular weight is 250 g/mol. The smallest absolute Gasteiger partial charge is 0.274 e. The first-order chi connectivity index (χ1) is 8.66. The largest absolute Gasteiger partial charge is 0.357 e. The van der Waals surface area contributed by atoms with Crippen LogP contribution >= 0.6 is 0 Å². The molecule has 98 valence electrons. The predicted molar refractivity (Wildman–Crippen MR) is 67.2 cm³/mol. The number of carbonyl (C=O) groups is 2. The summed E-state index contributed by atoms with van der Waals surface area (Å²) in [7, 11) is 1.90. The topological polar surface area (TPSA) is 77.2 Å². The minimum absolute atomic E-state index is 0.235. The van der Waals surface area contributed by atoms with Crippen molar-refractivity contribution < 1.29 is 9.59 Å². The minimum Gasteiger partial charge on any atom is -0.357 e. The second-order valence-corrected chi connectivity index (χ2v) is 4.52. The van der Waals surface area contributed by atoms with Gasteiger partial charge in [0.25, 0.3) is 5.91 Å². The molecule has 6 nitrogen and oxygen atoms in total. The molecule has 2 heterocycles. The molecule has 3 N–H and O–H groups in total. The number of nitrogens with zero attached hydrogens (tertiary/aromatic N) is 1. The Labute approximate surface area is 106 Å². The van der Waals surface area contributed by atoms with Crippen molar-refractivity contribution in [1.29, 1.82) is 0 Å². The van der Waals surface area contributed by atoms with Crippen molar-refractivity contribution in [3.05, 3.63) is 24.0 Å². The van der Waals surface area contributed by atoms with Crippen molar-refractivity contribution in [3.8, 4) is 0 Å². The van der Waals surface area contributed by atoms with Crippen molar-refractivity contribution in [2.75, 3.05) is 26.7 Å². The Morgan fingerprint density at radius 1 is 1.56 bits per heavy atom. The van der Waals surface area contributed by atoms with Crippen LogP contribution in [0.15, 0.2) is 18.3 Å². The number of H-pyrrole nitrogens is 1. The molecular formula is C12H18N4O2. The third kappa shape index (κ3) is 3.18. The van der Waals surface area contributed by atoms with Crippen LogP contribution in [0.5, 0.6) is 0 Å². The fourth-order valence-corrected chi connectivity index (χ4v) is 2.08. The molecule has 0 saturated carbocycles. The lowest BCUT2D eigenvalue weighted by Gasteiger charge is -2.22. The number of carbonyl (C=O) groups excluding carboxylic acids is 2.